The van der Waals surface area contributed by atoms with Crippen molar-refractivity contribution in [2.24, 2.45) is 0 Å². The molecule has 11 aromatic rings. The molecule has 1 heterocycles. The Morgan fingerprint density at radius 3 is 1.17 bits per heavy atom. The van der Waals surface area contributed by atoms with E-state index in [0.717, 1.165) is 56.1 Å². The van der Waals surface area contributed by atoms with E-state index in [4.69, 9.17) is 4.42 Å². The van der Waals surface area contributed by atoms with Crippen LogP contribution in [0.2, 0.25) is 0 Å². The van der Waals surface area contributed by atoms with Crippen molar-refractivity contribution < 1.29 is 4.42 Å². The van der Waals surface area contributed by atoms with Gasteiger partial charge in [0.2, 0.25) is 0 Å². The molecule has 1 aromatic heterocycles. The Morgan fingerprint density at radius 2 is 0.694 bits per heavy atom. The summed E-state index contributed by atoms with van der Waals surface area (Å²) in [7, 11) is 0. The van der Waals surface area contributed by atoms with Crippen molar-refractivity contribution in [1.29, 1.82) is 0 Å². The predicted molar refractivity (Wildman–Crippen MR) is 303 cm³/mol. The standard InChI is InChI=1S/C69H56N2O/c1-41-21-25-49(35-45(41)5)70(50-26-22-42(2)46(6)36-50)53-29-31-57-55-15-9-10-16-56(55)58-32-30-54(71(51-27-23-43(3)47(7)37-51)52-28-24-44(4)48(8)38-52)40-64(58)69(63(57)39-53)61-19-13-11-17-59(61)67-62(69)33-34-66-68(67)60-18-12-14-20-65(60)72-66/h9-40H,1-8H3. The Morgan fingerprint density at radius 1 is 0.292 bits per heavy atom. The van der Waals surface area contributed by atoms with E-state index in [1.165, 1.54) is 100 Å². The Kier molecular flexibility index (Phi) is 9.89. The summed E-state index contributed by atoms with van der Waals surface area (Å²) in [4.78, 5) is 4.94. The number of rotatable bonds is 6. The predicted octanol–water partition coefficient (Wildman–Crippen LogP) is 19.0. The zero-order chi connectivity index (χ0) is 49.2. The Labute approximate surface area is 423 Å². The van der Waals surface area contributed by atoms with Gasteiger partial charge in [-0.3, -0.25) is 0 Å². The summed E-state index contributed by atoms with van der Waals surface area (Å²) >= 11 is 0. The molecule has 0 N–H and O–H groups in total. The van der Waals surface area contributed by atoms with Gasteiger partial charge in [0.15, 0.2) is 0 Å². The van der Waals surface area contributed by atoms with Gasteiger partial charge in [0.25, 0.3) is 0 Å². The van der Waals surface area contributed by atoms with Crippen LogP contribution < -0.4 is 9.80 Å². The van der Waals surface area contributed by atoms with E-state index in [1.807, 2.05) is 0 Å². The molecule has 72 heavy (non-hydrogen) atoms. The quantitative estimate of drug-likeness (QED) is 0.166. The van der Waals surface area contributed by atoms with Gasteiger partial charge in [0.05, 0.1) is 5.41 Å². The second-order valence-corrected chi connectivity index (χ2v) is 20.5. The number of hydrogen-bond donors (Lipinski definition) is 0. The van der Waals surface area contributed by atoms with E-state index >= 15 is 0 Å². The molecule has 0 fully saturated rings. The van der Waals surface area contributed by atoms with Crippen molar-refractivity contribution in [2.45, 2.75) is 60.8 Å². The second kappa shape index (κ2) is 16.3. The fourth-order valence-electron chi connectivity index (χ4n) is 12.0. The van der Waals surface area contributed by atoms with Gasteiger partial charge in [0.1, 0.15) is 11.2 Å². The topological polar surface area (TPSA) is 19.6 Å². The van der Waals surface area contributed by atoms with Crippen molar-refractivity contribution in [2.75, 3.05) is 9.80 Å². The first-order chi connectivity index (χ1) is 35.0. The van der Waals surface area contributed by atoms with Crippen LogP contribution in [0.15, 0.2) is 199 Å². The average Bonchev–Trinajstić information content (AvgIpc) is 3.90. The number of para-hydroxylation sites is 1. The molecule has 1 spiro atoms. The third-order valence-electron chi connectivity index (χ3n) is 16.4. The summed E-state index contributed by atoms with van der Waals surface area (Å²) in [6.45, 7) is 17.7. The smallest absolute Gasteiger partial charge is 0.136 e. The molecule has 3 nitrogen and oxygen atoms in total. The number of anilines is 6. The summed E-state index contributed by atoms with van der Waals surface area (Å²) in [5.74, 6) is 0. The van der Waals surface area contributed by atoms with Gasteiger partial charge >= 0.3 is 0 Å². The SMILES string of the molecule is Cc1ccc(N(c2ccc(C)c(C)c2)c2ccc3c(c2)C2(c4cc(N(c5ccc(C)c(C)c5)c5ccc(C)c(C)c5)ccc4-c4ccccc4-3)c3ccccc3-c3c2ccc2oc4ccccc4c32)cc1C. The third kappa shape index (κ3) is 6.43. The summed E-state index contributed by atoms with van der Waals surface area (Å²) in [6.07, 6.45) is 0. The number of furan rings is 1. The van der Waals surface area contributed by atoms with Gasteiger partial charge in [0, 0.05) is 44.9 Å². The van der Waals surface area contributed by atoms with Crippen LogP contribution in [0.5, 0.6) is 0 Å². The molecule has 3 heteroatoms. The zero-order valence-electron chi connectivity index (χ0n) is 42.3. The first-order valence-corrected chi connectivity index (χ1v) is 25.3. The summed E-state index contributed by atoms with van der Waals surface area (Å²) in [5, 5.41) is 2.28. The van der Waals surface area contributed by atoms with Crippen molar-refractivity contribution >= 4 is 56.1 Å². The number of fused-ring (bicyclic) bond motifs is 16. The first kappa shape index (κ1) is 43.6. The normalized spacial score (nSPS) is 12.8. The van der Waals surface area contributed by atoms with Crippen molar-refractivity contribution in [3.63, 3.8) is 0 Å². The highest BCUT2D eigenvalue weighted by molar-refractivity contribution is 6.16. The minimum absolute atomic E-state index is 0.801. The van der Waals surface area contributed by atoms with E-state index in [2.05, 4.69) is 259 Å². The largest absolute Gasteiger partial charge is 0.456 e. The van der Waals surface area contributed by atoms with Crippen LogP contribution in [-0.2, 0) is 5.41 Å². The molecule has 348 valence electrons. The fraction of sp³-hybridized carbons (Fsp3) is 0.130. The number of aryl methyl sites for hydroxylation is 8. The lowest BCUT2D eigenvalue weighted by molar-refractivity contribution is 0.668. The van der Waals surface area contributed by atoms with Gasteiger partial charge in [-0.05, 0) is 240 Å². The van der Waals surface area contributed by atoms with Crippen LogP contribution in [0.25, 0.3) is 55.3 Å². The van der Waals surface area contributed by atoms with Gasteiger partial charge in [-0.15, -0.1) is 0 Å². The van der Waals surface area contributed by atoms with Crippen molar-refractivity contribution in [3.05, 3.63) is 261 Å². The summed E-state index contributed by atoms with van der Waals surface area (Å²) in [6, 6.07) is 73.6. The lowest BCUT2D eigenvalue weighted by Crippen LogP contribution is -2.30. The molecule has 2 aliphatic rings. The molecular weight excluding hydrogens is 873 g/mol. The third-order valence-corrected chi connectivity index (χ3v) is 16.4. The minimum Gasteiger partial charge on any atom is -0.456 e. The highest BCUT2D eigenvalue weighted by Crippen LogP contribution is 2.64. The van der Waals surface area contributed by atoms with E-state index in [9.17, 15) is 0 Å². The lowest BCUT2D eigenvalue weighted by atomic mass is 9.65. The molecule has 0 saturated heterocycles. The van der Waals surface area contributed by atoms with Crippen LogP contribution in [0.1, 0.15) is 66.8 Å². The van der Waals surface area contributed by atoms with Crippen LogP contribution >= 0.6 is 0 Å². The molecule has 2 aliphatic carbocycles. The minimum atomic E-state index is -0.801. The van der Waals surface area contributed by atoms with Crippen LogP contribution in [-0.4, -0.2) is 0 Å². The molecular formula is C69H56N2O. The molecule has 0 radical (unpaired) electrons. The van der Waals surface area contributed by atoms with Gasteiger partial charge in [-0.25, -0.2) is 0 Å². The highest BCUT2D eigenvalue weighted by Gasteiger charge is 2.51. The maximum Gasteiger partial charge on any atom is 0.136 e. The second-order valence-electron chi connectivity index (χ2n) is 20.5. The highest BCUT2D eigenvalue weighted by atomic mass is 16.3. The van der Waals surface area contributed by atoms with E-state index < -0.39 is 5.41 Å². The first-order valence-electron chi connectivity index (χ1n) is 25.3. The van der Waals surface area contributed by atoms with E-state index in [-0.39, 0.29) is 0 Å². The van der Waals surface area contributed by atoms with Crippen LogP contribution in [0.3, 0.4) is 0 Å². The summed E-state index contributed by atoms with van der Waals surface area (Å²) in [5.41, 5.74) is 30.1. The molecule has 0 saturated carbocycles. The molecule has 0 bridgehead atoms. The average molecular weight is 929 g/mol. The van der Waals surface area contributed by atoms with Crippen LogP contribution in [0, 0.1) is 55.4 Å². The zero-order valence-corrected chi connectivity index (χ0v) is 42.3. The Hall–Kier alpha value is -8.40. The maximum atomic E-state index is 6.74. The number of benzene rings is 10. The molecule has 0 amide bonds. The Balaban J connectivity index is 1.20. The maximum absolute atomic E-state index is 6.74. The van der Waals surface area contributed by atoms with Crippen LogP contribution in [0.4, 0.5) is 34.1 Å². The summed E-state index contributed by atoms with van der Waals surface area (Å²) < 4.78 is 6.74. The molecule has 0 aliphatic heterocycles. The fourth-order valence-corrected chi connectivity index (χ4v) is 12.0. The number of hydrogen-bond acceptors (Lipinski definition) is 3. The van der Waals surface area contributed by atoms with Gasteiger partial charge < -0.3 is 14.2 Å². The molecule has 0 atom stereocenters. The monoisotopic (exact) mass is 928 g/mol. The van der Waals surface area contributed by atoms with Crippen molar-refractivity contribution in [1.82, 2.24) is 0 Å². The van der Waals surface area contributed by atoms with Gasteiger partial charge in [-0.2, -0.15) is 0 Å². The van der Waals surface area contributed by atoms with E-state index in [1.54, 1.807) is 0 Å². The van der Waals surface area contributed by atoms with Gasteiger partial charge in [-0.1, -0.05) is 109 Å². The number of nitrogens with zero attached hydrogens (tertiary/aromatic N) is 2. The molecule has 13 rings (SSSR count). The Bertz CT molecular complexity index is 3770. The molecule has 10 aromatic carbocycles. The van der Waals surface area contributed by atoms with Crippen molar-refractivity contribution in [3.8, 4) is 33.4 Å². The van der Waals surface area contributed by atoms with E-state index in [0.29, 0.717) is 0 Å². The molecule has 0 unspecified atom stereocenters. The lowest BCUT2D eigenvalue weighted by Gasteiger charge is -2.37.